The molecule has 0 aromatic heterocycles. The SMILES string of the molecule is CC(NCCN1CCCC1C)C1CCOC1. The molecule has 0 saturated carbocycles. The molecule has 3 atom stereocenters. The van der Waals surface area contributed by atoms with Crippen molar-refractivity contribution in [3.63, 3.8) is 0 Å². The summed E-state index contributed by atoms with van der Waals surface area (Å²) >= 11 is 0. The quantitative estimate of drug-likeness (QED) is 0.768. The van der Waals surface area contributed by atoms with Crippen LogP contribution in [0.5, 0.6) is 0 Å². The van der Waals surface area contributed by atoms with Crippen LogP contribution in [0.2, 0.25) is 0 Å². The van der Waals surface area contributed by atoms with Gasteiger partial charge in [0.15, 0.2) is 0 Å². The zero-order chi connectivity index (χ0) is 11.4. The molecule has 0 aromatic carbocycles. The Bertz CT molecular complexity index is 204. The smallest absolute Gasteiger partial charge is 0.0509 e. The maximum absolute atomic E-state index is 5.42. The number of hydrogen-bond donors (Lipinski definition) is 1. The molecular weight excluding hydrogens is 200 g/mol. The predicted molar refractivity (Wildman–Crippen MR) is 66.7 cm³/mol. The van der Waals surface area contributed by atoms with Crippen molar-refractivity contribution in [1.29, 1.82) is 0 Å². The van der Waals surface area contributed by atoms with Crippen LogP contribution in [0.25, 0.3) is 0 Å². The first-order chi connectivity index (χ1) is 7.77. The largest absolute Gasteiger partial charge is 0.381 e. The Labute approximate surface area is 99.5 Å². The Morgan fingerprint density at radius 1 is 1.44 bits per heavy atom. The third-order valence-electron chi connectivity index (χ3n) is 4.23. The summed E-state index contributed by atoms with van der Waals surface area (Å²) in [7, 11) is 0. The van der Waals surface area contributed by atoms with E-state index in [2.05, 4.69) is 24.1 Å². The Morgan fingerprint density at radius 3 is 2.94 bits per heavy atom. The molecule has 0 aliphatic carbocycles. The summed E-state index contributed by atoms with van der Waals surface area (Å²) in [6.07, 6.45) is 3.99. The van der Waals surface area contributed by atoms with Crippen molar-refractivity contribution in [3.8, 4) is 0 Å². The highest BCUT2D eigenvalue weighted by molar-refractivity contribution is 4.78. The van der Waals surface area contributed by atoms with E-state index in [0.29, 0.717) is 6.04 Å². The average Bonchev–Trinajstić information content (AvgIpc) is 2.90. The standard InChI is InChI=1S/C13H26N2O/c1-11-4-3-7-15(11)8-6-14-12(2)13-5-9-16-10-13/h11-14H,3-10H2,1-2H3. The van der Waals surface area contributed by atoms with Gasteiger partial charge in [-0.25, -0.2) is 0 Å². The van der Waals surface area contributed by atoms with Gasteiger partial charge in [0.25, 0.3) is 0 Å². The zero-order valence-corrected chi connectivity index (χ0v) is 10.7. The van der Waals surface area contributed by atoms with Crippen molar-refractivity contribution >= 4 is 0 Å². The van der Waals surface area contributed by atoms with E-state index in [4.69, 9.17) is 4.74 Å². The first-order valence-electron chi connectivity index (χ1n) is 6.82. The Balaban J connectivity index is 1.59. The van der Waals surface area contributed by atoms with Crippen molar-refractivity contribution in [3.05, 3.63) is 0 Å². The highest BCUT2D eigenvalue weighted by Gasteiger charge is 2.23. The maximum atomic E-state index is 5.42. The van der Waals surface area contributed by atoms with Crippen LogP contribution < -0.4 is 5.32 Å². The normalized spacial score (nSPS) is 33.4. The minimum absolute atomic E-state index is 0.611. The van der Waals surface area contributed by atoms with Crippen LogP contribution >= 0.6 is 0 Å². The van der Waals surface area contributed by atoms with Crippen molar-refractivity contribution in [2.75, 3.05) is 32.8 Å². The molecule has 2 rings (SSSR count). The number of hydrogen-bond acceptors (Lipinski definition) is 3. The van der Waals surface area contributed by atoms with Gasteiger partial charge in [0.05, 0.1) is 6.61 Å². The molecule has 0 radical (unpaired) electrons. The fourth-order valence-electron chi connectivity index (χ4n) is 2.87. The number of nitrogens with zero attached hydrogens (tertiary/aromatic N) is 1. The van der Waals surface area contributed by atoms with Crippen LogP contribution in [-0.2, 0) is 4.74 Å². The predicted octanol–water partition coefficient (Wildman–Crippen LogP) is 1.49. The van der Waals surface area contributed by atoms with E-state index in [0.717, 1.165) is 31.7 Å². The fraction of sp³-hybridized carbons (Fsp3) is 1.00. The first kappa shape index (κ1) is 12.3. The molecule has 1 N–H and O–H groups in total. The second-order valence-corrected chi connectivity index (χ2v) is 5.39. The molecule has 3 unspecified atom stereocenters. The van der Waals surface area contributed by atoms with Crippen molar-refractivity contribution in [2.24, 2.45) is 5.92 Å². The highest BCUT2D eigenvalue weighted by Crippen LogP contribution is 2.17. The van der Waals surface area contributed by atoms with Gasteiger partial charge in [-0.1, -0.05) is 0 Å². The maximum Gasteiger partial charge on any atom is 0.0509 e. The third kappa shape index (κ3) is 3.19. The number of rotatable bonds is 5. The van der Waals surface area contributed by atoms with Gasteiger partial charge in [-0.05, 0) is 45.6 Å². The summed E-state index contributed by atoms with van der Waals surface area (Å²) in [5.74, 6) is 0.732. The minimum Gasteiger partial charge on any atom is -0.381 e. The topological polar surface area (TPSA) is 24.5 Å². The molecule has 0 spiro atoms. The summed E-state index contributed by atoms with van der Waals surface area (Å²) in [5.41, 5.74) is 0. The molecule has 2 heterocycles. The van der Waals surface area contributed by atoms with Crippen LogP contribution in [0.3, 0.4) is 0 Å². The summed E-state index contributed by atoms with van der Waals surface area (Å²) < 4.78 is 5.42. The second-order valence-electron chi connectivity index (χ2n) is 5.39. The molecule has 2 aliphatic heterocycles. The summed E-state index contributed by atoms with van der Waals surface area (Å²) in [6.45, 7) is 10.2. The minimum atomic E-state index is 0.611. The van der Waals surface area contributed by atoms with Crippen LogP contribution in [0.4, 0.5) is 0 Å². The molecular formula is C13H26N2O. The lowest BCUT2D eigenvalue weighted by molar-refractivity contribution is 0.177. The van der Waals surface area contributed by atoms with Gasteiger partial charge in [-0.15, -0.1) is 0 Å². The van der Waals surface area contributed by atoms with Gasteiger partial charge in [-0.3, -0.25) is 4.90 Å². The van der Waals surface area contributed by atoms with E-state index in [1.165, 1.54) is 32.4 Å². The first-order valence-corrected chi connectivity index (χ1v) is 6.82. The van der Waals surface area contributed by atoms with E-state index in [1.54, 1.807) is 0 Å². The number of ether oxygens (including phenoxy) is 1. The van der Waals surface area contributed by atoms with E-state index < -0.39 is 0 Å². The summed E-state index contributed by atoms with van der Waals surface area (Å²) in [4.78, 5) is 2.60. The number of likely N-dealkylation sites (tertiary alicyclic amines) is 1. The van der Waals surface area contributed by atoms with Gasteiger partial charge >= 0.3 is 0 Å². The van der Waals surface area contributed by atoms with Crippen molar-refractivity contribution < 1.29 is 4.74 Å². The van der Waals surface area contributed by atoms with E-state index >= 15 is 0 Å². The molecule has 3 nitrogen and oxygen atoms in total. The molecule has 0 bridgehead atoms. The van der Waals surface area contributed by atoms with Crippen LogP contribution in [0.15, 0.2) is 0 Å². The second kappa shape index (κ2) is 5.99. The lowest BCUT2D eigenvalue weighted by Gasteiger charge is -2.24. The van der Waals surface area contributed by atoms with Gasteiger partial charge in [-0.2, -0.15) is 0 Å². The van der Waals surface area contributed by atoms with Gasteiger partial charge in [0, 0.05) is 31.8 Å². The van der Waals surface area contributed by atoms with Crippen LogP contribution in [-0.4, -0.2) is 49.8 Å². The van der Waals surface area contributed by atoms with Crippen LogP contribution in [0.1, 0.15) is 33.1 Å². The highest BCUT2D eigenvalue weighted by atomic mass is 16.5. The Hall–Kier alpha value is -0.120. The lowest BCUT2D eigenvalue weighted by atomic mass is 10.0. The molecule has 0 amide bonds. The van der Waals surface area contributed by atoms with Crippen molar-refractivity contribution in [2.45, 2.75) is 45.2 Å². The lowest BCUT2D eigenvalue weighted by Crippen LogP contribution is -2.40. The molecule has 0 aromatic rings. The van der Waals surface area contributed by atoms with E-state index in [9.17, 15) is 0 Å². The molecule has 2 saturated heterocycles. The Kier molecular flexibility index (Phi) is 4.62. The summed E-state index contributed by atoms with van der Waals surface area (Å²) in [5, 5.41) is 3.65. The Morgan fingerprint density at radius 2 is 2.31 bits per heavy atom. The van der Waals surface area contributed by atoms with Gasteiger partial charge in [0.1, 0.15) is 0 Å². The summed E-state index contributed by atoms with van der Waals surface area (Å²) in [6, 6.07) is 1.41. The fourth-order valence-corrected chi connectivity index (χ4v) is 2.87. The monoisotopic (exact) mass is 226 g/mol. The zero-order valence-electron chi connectivity index (χ0n) is 10.7. The van der Waals surface area contributed by atoms with Crippen molar-refractivity contribution in [1.82, 2.24) is 10.2 Å². The number of nitrogens with one attached hydrogen (secondary N) is 1. The molecule has 94 valence electrons. The molecule has 3 heteroatoms. The molecule has 16 heavy (non-hydrogen) atoms. The average molecular weight is 226 g/mol. The molecule has 2 fully saturated rings. The van der Waals surface area contributed by atoms with Crippen LogP contribution in [0, 0.1) is 5.92 Å². The van der Waals surface area contributed by atoms with Gasteiger partial charge < -0.3 is 10.1 Å². The third-order valence-corrected chi connectivity index (χ3v) is 4.23. The molecule has 2 aliphatic rings. The van der Waals surface area contributed by atoms with E-state index in [1.807, 2.05) is 0 Å². The van der Waals surface area contributed by atoms with E-state index in [-0.39, 0.29) is 0 Å². The van der Waals surface area contributed by atoms with Gasteiger partial charge in [0.2, 0.25) is 0 Å².